The predicted octanol–water partition coefficient (Wildman–Crippen LogP) is 2.30. The zero-order valence-electron chi connectivity index (χ0n) is 11.7. The first-order valence-electron chi connectivity index (χ1n) is 6.65. The zero-order chi connectivity index (χ0) is 15.9. The van der Waals surface area contributed by atoms with Crippen LogP contribution in [0.25, 0.3) is 0 Å². The van der Waals surface area contributed by atoms with Crippen molar-refractivity contribution in [2.24, 2.45) is 5.73 Å². The van der Waals surface area contributed by atoms with Gasteiger partial charge in [-0.15, -0.1) is 11.3 Å². The molecule has 1 aromatic carbocycles. The number of carbonyl (C=O) groups is 2. The number of hydrogen-bond donors (Lipinski definition) is 3. The van der Waals surface area contributed by atoms with Crippen LogP contribution in [0.3, 0.4) is 0 Å². The van der Waals surface area contributed by atoms with Crippen LogP contribution in [0, 0.1) is 5.82 Å². The second-order valence-corrected chi connectivity index (χ2v) is 5.66. The Kier molecular flexibility index (Phi) is 5.48. The number of carbonyl (C=O) groups excluding carboxylic acids is 2. The van der Waals surface area contributed by atoms with Gasteiger partial charge >= 0.3 is 6.03 Å². The molecular weight excluding hydrogens is 305 g/mol. The van der Waals surface area contributed by atoms with Crippen LogP contribution in [0.4, 0.5) is 9.18 Å². The van der Waals surface area contributed by atoms with Crippen molar-refractivity contribution in [3.63, 3.8) is 0 Å². The molecule has 7 heteroatoms. The molecule has 0 spiro atoms. The van der Waals surface area contributed by atoms with Crippen molar-refractivity contribution in [1.82, 2.24) is 10.6 Å². The lowest BCUT2D eigenvalue weighted by Gasteiger charge is -2.16. The van der Waals surface area contributed by atoms with Crippen molar-refractivity contribution in [3.05, 3.63) is 58.0 Å². The molecule has 116 valence electrons. The number of primary amides is 1. The second kappa shape index (κ2) is 7.56. The lowest BCUT2D eigenvalue weighted by molar-refractivity contribution is -0.121. The summed E-state index contributed by atoms with van der Waals surface area (Å²) in [5.74, 6) is -0.546. The van der Waals surface area contributed by atoms with Crippen LogP contribution < -0.4 is 16.4 Å². The standard InChI is InChI=1S/C15H16FN3O2S/c16-11-5-3-10(4-6-11)9-18-14(20)8-12(19-15(17)21)13-2-1-7-22-13/h1-7,12H,8-9H2,(H,18,20)(H3,17,19,21)/t12-/m0/s1. The highest BCUT2D eigenvalue weighted by Crippen LogP contribution is 2.21. The van der Waals surface area contributed by atoms with Gasteiger partial charge in [0.05, 0.1) is 12.5 Å². The molecule has 22 heavy (non-hydrogen) atoms. The van der Waals surface area contributed by atoms with E-state index in [0.29, 0.717) is 6.54 Å². The molecule has 2 aromatic rings. The minimum Gasteiger partial charge on any atom is -0.352 e. The molecule has 0 saturated carbocycles. The summed E-state index contributed by atoms with van der Waals surface area (Å²) in [6.07, 6.45) is 0.0879. The van der Waals surface area contributed by atoms with E-state index >= 15 is 0 Å². The Morgan fingerprint density at radius 1 is 1.23 bits per heavy atom. The summed E-state index contributed by atoms with van der Waals surface area (Å²) in [5.41, 5.74) is 5.94. The Morgan fingerprint density at radius 3 is 2.55 bits per heavy atom. The number of halogens is 1. The Bertz CT molecular complexity index is 629. The fraction of sp³-hybridized carbons (Fsp3) is 0.200. The fourth-order valence-corrected chi connectivity index (χ4v) is 2.72. The quantitative estimate of drug-likeness (QED) is 0.763. The molecule has 0 bridgehead atoms. The highest BCUT2D eigenvalue weighted by Gasteiger charge is 2.18. The van der Waals surface area contributed by atoms with Crippen molar-refractivity contribution in [1.29, 1.82) is 0 Å². The average molecular weight is 321 g/mol. The van der Waals surface area contributed by atoms with Crippen LogP contribution in [0.5, 0.6) is 0 Å². The first-order valence-corrected chi connectivity index (χ1v) is 7.53. The molecule has 4 N–H and O–H groups in total. The van der Waals surface area contributed by atoms with Crippen molar-refractivity contribution in [2.75, 3.05) is 0 Å². The van der Waals surface area contributed by atoms with Crippen LogP contribution in [0.2, 0.25) is 0 Å². The van der Waals surface area contributed by atoms with Gasteiger partial charge in [-0.1, -0.05) is 18.2 Å². The maximum absolute atomic E-state index is 12.8. The number of thiophene rings is 1. The smallest absolute Gasteiger partial charge is 0.312 e. The van der Waals surface area contributed by atoms with Crippen LogP contribution >= 0.6 is 11.3 Å². The van der Waals surface area contributed by atoms with Gasteiger partial charge in [-0.2, -0.15) is 0 Å². The molecule has 0 saturated heterocycles. The number of rotatable bonds is 6. The summed E-state index contributed by atoms with van der Waals surface area (Å²) in [5, 5.41) is 7.16. The maximum atomic E-state index is 12.8. The van der Waals surface area contributed by atoms with E-state index in [-0.39, 0.29) is 18.1 Å². The minimum absolute atomic E-state index is 0.0879. The number of benzene rings is 1. The summed E-state index contributed by atoms with van der Waals surface area (Å²) < 4.78 is 12.8. The third-order valence-corrected chi connectivity index (χ3v) is 3.98. The molecule has 3 amide bonds. The van der Waals surface area contributed by atoms with Crippen molar-refractivity contribution < 1.29 is 14.0 Å². The van der Waals surface area contributed by atoms with Crippen LogP contribution in [-0.4, -0.2) is 11.9 Å². The number of urea groups is 1. The maximum Gasteiger partial charge on any atom is 0.312 e. The molecule has 1 heterocycles. The number of amides is 3. The van der Waals surface area contributed by atoms with Gasteiger partial charge in [-0.3, -0.25) is 4.79 Å². The summed E-state index contributed by atoms with van der Waals surface area (Å²) >= 11 is 1.44. The monoisotopic (exact) mass is 321 g/mol. The summed E-state index contributed by atoms with van der Waals surface area (Å²) in [6.45, 7) is 0.298. The van der Waals surface area contributed by atoms with Gasteiger partial charge in [-0.25, -0.2) is 9.18 Å². The Labute approximate surface area is 131 Å². The van der Waals surface area contributed by atoms with Crippen molar-refractivity contribution in [2.45, 2.75) is 19.0 Å². The summed E-state index contributed by atoms with van der Waals surface area (Å²) in [7, 11) is 0. The van der Waals surface area contributed by atoms with Crippen molar-refractivity contribution in [3.8, 4) is 0 Å². The molecule has 0 fully saturated rings. The topological polar surface area (TPSA) is 84.2 Å². The number of nitrogens with one attached hydrogen (secondary N) is 2. The SMILES string of the molecule is NC(=O)N[C@@H](CC(=O)NCc1ccc(F)cc1)c1cccs1. The average Bonchev–Trinajstić information content (AvgIpc) is 3.00. The van der Waals surface area contributed by atoms with Crippen LogP contribution in [0.1, 0.15) is 22.9 Å². The van der Waals surface area contributed by atoms with Gasteiger partial charge < -0.3 is 16.4 Å². The van der Waals surface area contributed by atoms with E-state index in [0.717, 1.165) is 10.4 Å². The third-order valence-electron chi connectivity index (χ3n) is 3.00. The van der Waals surface area contributed by atoms with Gasteiger partial charge in [0.1, 0.15) is 5.82 Å². The number of hydrogen-bond acceptors (Lipinski definition) is 3. The first kappa shape index (κ1) is 16.0. The van der Waals surface area contributed by atoms with E-state index < -0.39 is 12.1 Å². The molecule has 2 rings (SSSR count). The molecule has 5 nitrogen and oxygen atoms in total. The predicted molar refractivity (Wildman–Crippen MR) is 82.6 cm³/mol. The Hall–Kier alpha value is -2.41. The van der Waals surface area contributed by atoms with E-state index in [1.165, 1.54) is 23.5 Å². The molecule has 0 unspecified atom stereocenters. The normalized spacial score (nSPS) is 11.7. The molecule has 0 radical (unpaired) electrons. The molecular formula is C15H16FN3O2S. The van der Waals surface area contributed by atoms with Gasteiger partial charge in [-0.05, 0) is 29.1 Å². The largest absolute Gasteiger partial charge is 0.352 e. The lowest BCUT2D eigenvalue weighted by atomic mass is 10.1. The lowest BCUT2D eigenvalue weighted by Crippen LogP contribution is -2.36. The van der Waals surface area contributed by atoms with Crippen molar-refractivity contribution >= 4 is 23.3 Å². The molecule has 0 aliphatic carbocycles. The molecule has 0 aliphatic heterocycles. The third kappa shape index (κ3) is 4.85. The van der Waals surface area contributed by atoms with Gasteiger partial charge in [0.2, 0.25) is 5.91 Å². The molecule has 1 aromatic heterocycles. The highest BCUT2D eigenvalue weighted by molar-refractivity contribution is 7.10. The van der Waals surface area contributed by atoms with Gasteiger partial charge in [0.25, 0.3) is 0 Å². The highest BCUT2D eigenvalue weighted by atomic mass is 32.1. The first-order chi connectivity index (χ1) is 10.5. The molecule has 0 aliphatic rings. The number of nitrogens with two attached hydrogens (primary N) is 1. The van der Waals surface area contributed by atoms with E-state index in [1.807, 2.05) is 17.5 Å². The van der Waals surface area contributed by atoms with E-state index in [1.54, 1.807) is 12.1 Å². The second-order valence-electron chi connectivity index (χ2n) is 4.68. The van der Waals surface area contributed by atoms with Gasteiger partial charge in [0.15, 0.2) is 0 Å². The van der Waals surface area contributed by atoms with E-state index in [2.05, 4.69) is 10.6 Å². The molecule has 1 atom stereocenters. The van der Waals surface area contributed by atoms with Crippen LogP contribution in [0.15, 0.2) is 41.8 Å². The summed E-state index contributed by atoms with van der Waals surface area (Å²) in [6, 6.07) is 8.43. The fourth-order valence-electron chi connectivity index (χ4n) is 1.94. The van der Waals surface area contributed by atoms with Gasteiger partial charge in [0, 0.05) is 11.4 Å². The Balaban J connectivity index is 1.90. The Morgan fingerprint density at radius 2 is 1.95 bits per heavy atom. The summed E-state index contributed by atoms with van der Waals surface area (Å²) in [4.78, 5) is 23.9. The van der Waals surface area contributed by atoms with E-state index in [4.69, 9.17) is 5.73 Å². The zero-order valence-corrected chi connectivity index (χ0v) is 12.5. The van der Waals surface area contributed by atoms with Crippen LogP contribution in [-0.2, 0) is 11.3 Å². The van der Waals surface area contributed by atoms with E-state index in [9.17, 15) is 14.0 Å². The minimum atomic E-state index is -0.676.